The molecule has 1 rings (SSSR count). The fourth-order valence-corrected chi connectivity index (χ4v) is 1.39. The molecule has 0 aliphatic carbocycles. The van der Waals surface area contributed by atoms with E-state index in [9.17, 15) is 17.6 Å². The quantitative estimate of drug-likeness (QED) is 0.618. The maximum atomic E-state index is 12.6. The number of aryl methyl sites for hydroxylation is 1. The molecular formula is C8H5BrF4. The van der Waals surface area contributed by atoms with Gasteiger partial charge in [-0.2, -0.15) is 13.2 Å². The molecule has 13 heavy (non-hydrogen) atoms. The van der Waals surface area contributed by atoms with Crippen molar-refractivity contribution in [2.24, 2.45) is 0 Å². The molecular weight excluding hydrogens is 252 g/mol. The second-order valence-corrected chi connectivity index (χ2v) is 3.37. The van der Waals surface area contributed by atoms with Gasteiger partial charge in [-0.1, -0.05) is 0 Å². The highest BCUT2D eigenvalue weighted by Gasteiger charge is 2.33. The van der Waals surface area contributed by atoms with Crippen molar-refractivity contribution in [2.45, 2.75) is 13.1 Å². The van der Waals surface area contributed by atoms with Gasteiger partial charge in [0.2, 0.25) is 0 Å². The third-order valence-corrected chi connectivity index (χ3v) is 2.58. The number of benzene rings is 1. The van der Waals surface area contributed by atoms with Gasteiger partial charge in [-0.3, -0.25) is 0 Å². The summed E-state index contributed by atoms with van der Waals surface area (Å²) in [6, 6.07) is 1.51. The summed E-state index contributed by atoms with van der Waals surface area (Å²) in [4.78, 5) is 0. The van der Waals surface area contributed by atoms with Crippen LogP contribution in [-0.2, 0) is 6.18 Å². The summed E-state index contributed by atoms with van der Waals surface area (Å²) in [5.74, 6) is -0.881. The van der Waals surface area contributed by atoms with E-state index in [2.05, 4.69) is 15.9 Å². The Kier molecular flexibility index (Phi) is 2.66. The fourth-order valence-electron chi connectivity index (χ4n) is 0.932. The summed E-state index contributed by atoms with van der Waals surface area (Å²) in [5, 5.41) is 0. The lowest BCUT2D eigenvalue weighted by atomic mass is 10.1. The summed E-state index contributed by atoms with van der Waals surface area (Å²) in [6.45, 7) is 1.41. The summed E-state index contributed by atoms with van der Waals surface area (Å²) >= 11 is 2.76. The first-order chi connectivity index (χ1) is 5.82. The number of halogens is 5. The third kappa shape index (κ3) is 2.21. The van der Waals surface area contributed by atoms with Crippen molar-refractivity contribution in [1.82, 2.24) is 0 Å². The van der Waals surface area contributed by atoms with Crippen LogP contribution in [0.4, 0.5) is 17.6 Å². The third-order valence-electron chi connectivity index (χ3n) is 1.52. The maximum Gasteiger partial charge on any atom is 0.417 e. The Bertz CT molecular complexity index is 330. The van der Waals surface area contributed by atoms with Crippen LogP contribution >= 0.6 is 15.9 Å². The molecule has 0 saturated heterocycles. The average Bonchev–Trinajstić information content (AvgIpc) is 1.94. The first kappa shape index (κ1) is 10.5. The van der Waals surface area contributed by atoms with E-state index in [0.717, 1.165) is 6.07 Å². The monoisotopic (exact) mass is 256 g/mol. The highest BCUT2D eigenvalue weighted by molar-refractivity contribution is 9.10. The van der Waals surface area contributed by atoms with Gasteiger partial charge in [0.15, 0.2) is 0 Å². The van der Waals surface area contributed by atoms with Crippen molar-refractivity contribution in [3.8, 4) is 0 Å². The minimum absolute atomic E-state index is 0.110. The van der Waals surface area contributed by atoms with E-state index < -0.39 is 17.6 Å². The van der Waals surface area contributed by atoms with Crippen LogP contribution in [0.25, 0.3) is 0 Å². The Balaban J connectivity index is 3.37. The minimum Gasteiger partial charge on any atom is -0.207 e. The molecule has 0 unspecified atom stereocenters. The van der Waals surface area contributed by atoms with Crippen LogP contribution in [0, 0.1) is 12.7 Å². The number of hydrogen-bond donors (Lipinski definition) is 0. The number of hydrogen-bond acceptors (Lipinski definition) is 0. The van der Waals surface area contributed by atoms with Crippen molar-refractivity contribution < 1.29 is 17.6 Å². The van der Waals surface area contributed by atoms with Gasteiger partial charge in [0.1, 0.15) is 5.82 Å². The van der Waals surface area contributed by atoms with Gasteiger partial charge in [-0.05, 0) is 40.5 Å². The van der Waals surface area contributed by atoms with Crippen molar-refractivity contribution in [3.63, 3.8) is 0 Å². The molecule has 0 spiro atoms. The maximum absolute atomic E-state index is 12.6. The summed E-state index contributed by atoms with van der Waals surface area (Å²) < 4.78 is 49.1. The van der Waals surface area contributed by atoms with Gasteiger partial charge < -0.3 is 0 Å². The Hall–Kier alpha value is -0.580. The first-order valence-electron chi connectivity index (χ1n) is 3.35. The molecule has 0 bridgehead atoms. The zero-order chi connectivity index (χ0) is 10.2. The smallest absolute Gasteiger partial charge is 0.207 e. The van der Waals surface area contributed by atoms with Crippen molar-refractivity contribution in [3.05, 3.63) is 33.5 Å². The van der Waals surface area contributed by atoms with E-state index in [0.29, 0.717) is 6.07 Å². The second-order valence-electron chi connectivity index (χ2n) is 2.58. The molecule has 0 nitrogen and oxygen atoms in total. The van der Waals surface area contributed by atoms with E-state index in [1.165, 1.54) is 6.92 Å². The average molecular weight is 257 g/mol. The molecule has 0 heterocycles. The second kappa shape index (κ2) is 3.29. The van der Waals surface area contributed by atoms with Crippen LogP contribution in [0.2, 0.25) is 0 Å². The number of rotatable bonds is 0. The molecule has 1 aromatic carbocycles. The fraction of sp³-hybridized carbons (Fsp3) is 0.250. The summed E-state index contributed by atoms with van der Waals surface area (Å²) in [5.41, 5.74) is -0.752. The Morgan fingerprint density at radius 3 is 2.23 bits per heavy atom. The molecule has 0 amide bonds. The normalized spacial score (nSPS) is 11.8. The lowest BCUT2D eigenvalue weighted by molar-refractivity contribution is -0.138. The largest absolute Gasteiger partial charge is 0.417 e. The molecule has 1 aromatic rings. The van der Waals surface area contributed by atoms with Crippen molar-refractivity contribution >= 4 is 15.9 Å². The van der Waals surface area contributed by atoms with E-state index in [-0.39, 0.29) is 10.0 Å². The van der Waals surface area contributed by atoms with Crippen LogP contribution in [0.15, 0.2) is 16.6 Å². The standard InChI is InChI=1S/C8H5BrF4/c1-4-2-5(10)3-6(7(4)9)8(11,12)13/h2-3H,1H3. The lowest BCUT2D eigenvalue weighted by Crippen LogP contribution is -2.07. The SMILES string of the molecule is Cc1cc(F)cc(C(F)(F)F)c1Br. The van der Waals surface area contributed by atoms with E-state index >= 15 is 0 Å². The lowest BCUT2D eigenvalue weighted by Gasteiger charge is -2.10. The predicted molar refractivity (Wildman–Crippen MR) is 43.8 cm³/mol. The first-order valence-corrected chi connectivity index (χ1v) is 4.14. The molecule has 0 N–H and O–H groups in total. The van der Waals surface area contributed by atoms with Crippen molar-refractivity contribution in [1.29, 1.82) is 0 Å². The molecule has 0 atom stereocenters. The van der Waals surface area contributed by atoms with Crippen LogP contribution in [0.1, 0.15) is 11.1 Å². The molecule has 72 valence electrons. The topological polar surface area (TPSA) is 0 Å². The van der Waals surface area contributed by atoms with E-state index in [1.807, 2.05) is 0 Å². The zero-order valence-electron chi connectivity index (χ0n) is 6.54. The Morgan fingerprint density at radius 2 is 1.77 bits per heavy atom. The van der Waals surface area contributed by atoms with Gasteiger partial charge in [0.05, 0.1) is 5.56 Å². The predicted octanol–water partition coefficient (Wildman–Crippen LogP) is 3.92. The molecule has 0 aromatic heterocycles. The molecule has 0 aliphatic rings. The Morgan fingerprint density at radius 1 is 1.23 bits per heavy atom. The van der Waals surface area contributed by atoms with Crippen LogP contribution in [0.5, 0.6) is 0 Å². The molecule has 0 fully saturated rings. The summed E-state index contributed by atoms with van der Waals surface area (Å²) in [7, 11) is 0. The van der Waals surface area contributed by atoms with Gasteiger partial charge in [0.25, 0.3) is 0 Å². The van der Waals surface area contributed by atoms with E-state index in [1.54, 1.807) is 0 Å². The van der Waals surface area contributed by atoms with Gasteiger partial charge >= 0.3 is 6.18 Å². The minimum atomic E-state index is -4.52. The van der Waals surface area contributed by atoms with Crippen LogP contribution in [-0.4, -0.2) is 0 Å². The van der Waals surface area contributed by atoms with Crippen molar-refractivity contribution in [2.75, 3.05) is 0 Å². The van der Waals surface area contributed by atoms with E-state index in [4.69, 9.17) is 0 Å². The molecule has 5 heteroatoms. The molecule has 0 radical (unpaired) electrons. The Labute approximate surface area is 80.7 Å². The molecule has 0 saturated carbocycles. The highest BCUT2D eigenvalue weighted by atomic mass is 79.9. The highest BCUT2D eigenvalue weighted by Crippen LogP contribution is 2.36. The number of alkyl halides is 3. The zero-order valence-corrected chi connectivity index (χ0v) is 8.13. The van der Waals surface area contributed by atoms with Gasteiger partial charge in [-0.25, -0.2) is 4.39 Å². The summed E-state index contributed by atoms with van der Waals surface area (Å²) in [6.07, 6.45) is -4.52. The molecule has 0 aliphatic heterocycles. The van der Waals surface area contributed by atoms with Crippen LogP contribution < -0.4 is 0 Å². The van der Waals surface area contributed by atoms with Crippen LogP contribution in [0.3, 0.4) is 0 Å². The van der Waals surface area contributed by atoms with Gasteiger partial charge in [0, 0.05) is 4.47 Å². The van der Waals surface area contributed by atoms with Gasteiger partial charge in [-0.15, -0.1) is 0 Å².